The van der Waals surface area contributed by atoms with Gasteiger partial charge < -0.3 is 5.11 Å². The van der Waals surface area contributed by atoms with Crippen LogP contribution in [0.15, 0.2) is 18.2 Å². The second kappa shape index (κ2) is 5.96. The van der Waals surface area contributed by atoms with Crippen molar-refractivity contribution in [3.63, 3.8) is 0 Å². The Kier molecular flexibility index (Phi) is 4.51. The van der Waals surface area contributed by atoms with E-state index in [0.717, 1.165) is 19.3 Å². The van der Waals surface area contributed by atoms with Gasteiger partial charge >= 0.3 is 0 Å². The predicted octanol–water partition coefficient (Wildman–Crippen LogP) is 3.76. The summed E-state index contributed by atoms with van der Waals surface area (Å²) < 4.78 is 0. The topological polar surface area (TPSA) is 23.5 Å². The summed E-state index contributed by atoms with van der Waals surface area (Å²) in [6.45, 7) is 9.27. The molecule has 106 valence electrons. The van der Waals surface area contributed by atoms with Gasteiger partial charge in [-0.1, -0.05) is 26.0 Å². The standard InChI is InChI=1S/C17H27NO/c1-4-11-18(12-5-2)17(3)10-9-15-14(13-17)7-6-8-16(15)19/h6-8,19H,4-5,9-13H2,1-3H3. The van der Waals surface area contributed by atoms with Crippen molar-refractivity contribution in [3.8, 4) is 5.75 Å². The minimum atomic E-state index is 0.257. The third-order valence-corrected chi connectivity index (χ3v) is 4.48. The molecule has 2 rings (SSSR count). The van der Waals surface area contributed by atoms with Gasteiger partial charge in [-0.05, 0) is 69.3 Å². The molecular weight excluding hydrogens is 234 g/mol. The van der Waals surface area contributed by atoms with Crippen LogP contribution in [0.5, 0.6) is 5.75 Å². The van der Waals surface area contributed by atoms with E-state index >= 15 is 0 Å². The fourth-order valence-electron chi connectivity index (χ4n) is 3.43. The number of aromatic hydroxyl groups is 1. The van der Waals surface area contributed by atoms with Gasteiger partial charge in [0.1, 0.15) is 5.75 Å². The highest BCUT2D eigenvalue weighted by atomic mass is 16.3. The molecule has 0 heterocycles. The van der Waals surface area contributed by atoms with Gasteiger partial charge in [0, 0.05) is 5.54 Å². The van der Waals surface area contributed by atoms with Gasteiger partial charge in [0.15, 0.2) is 0 Å². The van der Waals surface area contributed by atoms with Crippen molar-refractivity contribution in [3.05, 3.63) is 29.3 Å². The normalized spacial score (nSPS) is 22.5. The first-order valence-corrected chi connectivity index (χ1v) is 7.65. The predicted molar refractivity (Wildman–Crippen MR) is 80.7 cm³/mol. The van der Waals surface area contributed by atoms with E-state index in [-0.39, 0.29) is 5.54 Å². The number of hydrogen-bond donors (Lipinski definition) is 1. The van der Waals surface area contributed by atoms with Crippen molar-refractivity contribution >= 4 is 0 Å². The molecule has 1 aliphatic rings. The third-order valence-electron chi connectivity index (χ3n) is 4.48. The van der Waals surface area contributed by atoms with E-state index in [2.05, 4.69) is 31.7 Å². The zero-order valence-corrected chi connectivity index (χ0v) is 12.6. The maximum Gasteiger partial charge on any atom is 0.119 e. The van der Waals surface area contributed by atoms with Gasteiger partial charge in [-0.2, -0.15) is 0 Å². The first-order chi connectivity index (χ1) is 9.10. The smallest absolute Gasteiger partial charge is 0.119 e. The van der Waals surface area contributed by atoms with E-state index in [9.17, 15) is 5.11 Å². The van der Waals surface area contributed by atoms with Crippen molar-refractivity contribution in [1.82, 2.24) is 4.90 Å². The fourth-order valence-corrected chi connectivity index (χ4v) is 3.43. The maximum absolute atomic E-state index is 9.96. The summed E-state index contributed by atoms with van der Waals surface area (Å²) in [6.07, 6.45) is 5.64. The van der Waals surface area contributed by atoms with E-state index in [4.69, 9.17) is 0 Å². The Bertz CT molecular complexity index is 423. The SMILES string of the molecule is CCCN(CCC)C1(C)CCc2c(O)cccc2C1. The molecule has 0 spiro atoms. The van der Waals surface area contributed by atoms with Crippen LogP contribution in [0.1, 0.15) is 51.2 Å². The van der Waals surface area contributed by atoms with Crippen LogP contribution in [0, 0.1) is 0 Å². The second-order valence-electron chi connectivity index (χ2n) is 6.08. The average Bonchev–Trinajstić information content (AvgIpc) is 2.38. The molecule has 1 aromatic rings. The average molecular weight is 261 g/mol. The molecule has 0 fully saturated rings. The van der Waals surface area contributed by atoms with E-state index in [1.807, 2.05) is 12.1 Å². The van der Waals surface area contributed by atoms with Crippen LogP contribution >= 0.6 is 0 Å². The minimum Gasteiger partial charge on any atom is -0.508 e. The second-order valence-corrected chi connectivity index (χ2v) is 6.08. The lowest BCUT2D eigenvalue weighted by Crippen LogP contribution is -2.50. The molecule has 1 N–H and O–H groups in total. The molecule has 1 unspecified atom stereocenters. The Labute approximate surface area is 117 Å². The first-order valence-electron chi connectivity index (χ1n) is 7.65. The van der Waals surface area contributed by atoms with Gasteiger partial charge in [0.05, 0.1) is 0 Å². The number of benzene rings is 1. The molecule has 0 amide bonds. The van der Waals surface area contributed by atoms with E-state index in [1.54, 1.807) is 0 Å². The van der Waals surface area contributed by atoms with Gasteiger partial charge in [-0.15, -0.1) is 0 Å². The number of nitrogens with zero attached hydrogens (tertiary/aromatic N) is 1. The molecule has 0 radical (unpaired) electrons. The number of phenols is 1. The molecule has 0 bridgehead atoms. The number of rotatable bonds is 5. The van der Waals surface area contributed by atoms with E-state index in [0.29, 0.717) is 5.75 Å². The Morgan fingerprint density at radius 2 is 1.89 bits per heavy atom. The summed E-state index contributed by atoms with van der Waals surface area (Å²) >= 11 is 0. The maximum atomic E-state index is 9.96. The van der Waals surface area contributed by atoms with Crippen molar-refractivity contribution < 1.29 is 5.11 Å². The molecule has 1 aromatic carbocycles. The summed E-state index contributed by atoms with van der Waals surface area (Å²) in [4.78, 5) is 2.65. The quantitative estimate of drug-likeness (QED) is 0.872. The summed E-state index contributed by atoms with van der Waals surface area (Å²) in [5, 5.41) is 9.96. The van der Waals surface area contributed by atoms with Crippen molar-refractivity contribution in [1.29, 1.82) is 0 Å². The number of hydrogen-bond acceptors (Lipinski definition) is 2. The molecule has 2 heteroatoms. The lowest BCUT2D eigenvalue weighted by molar-refractivity contribution is 0.0880. The van der Waals surface area contributed by atoms with Gasteiger partial charge in [-0.25, -0.2) is 0 Å². The highest BCUT2D eigenvalue weighted by Crippen LogP contribution is 2.36. The molecule has 1 aliphatic carbocycles. The summed E-state index contributed by atoms with van der Waals surface area (Å²) in [6, 6.07) is 5.98. The Morgan fingerprint density at radius 3 is 2.53 bits per heavy atom. The van der Waals surface area contributed by atoms with Crippen molar-refractivity contribution in [2.24, 2.45) is 0 Å². The summed E-state index contributed by atoms with van der Waals surface area (Å²) in [5.74, 6) is 0.483. The molecule has 0 aliphatic heterocycles. The monoisotopic (exact) mass is 261 g/mol. The van der Waals surface area contributed by atoms with Gasteiger partial charge in [-0.3, -0.25) is 4.90 Å². The van der Waals surface area contributed by atoms with Crippen LogP contribution in [-0.4, -0.2) is 28.6 Å². The number of fused-ring (bicyclic) bond motifs is 1. The van der Waals surface area contributed by atoms with Crippen molar-refractivity contribution in [2.45, 2.75) is 58.4 Å². The van der Waals surface area contributed by atoms with Crippen LogP contribution in [0.4, 0.5) is 0 Å². The van der Waals surface area contributed by atoms with Gasteiger partial charge in [0.2, 0.25) is 0 Å². The summed E-state index contributed by atoms with van der Waals surface area (Å²) in [7, 11) is 0. The van der Waals surface area contributed by atoms with Crippen LogP contribution in [0.3, 0.4) is 0 Å². The van der Waals surface area contributed by atoms with Crippen LogP contribution in [-0.2, 0) is 12.8 Å². The zero-order valence-electron chi connectivity index (χ0n) is 12.6. The molecule has 19 heavy (non-hydrogen) atoms. The van der Waals surface area contributed by atoms with Crippen LogP contribution in [0.2, 0.25) is 0 Å². The third kappa shape index (κ3) is 2.94. The largest absolute Gasteiger partial charge is 0.508 e. The highest BCUT2D eigenvalue weighted by molar-refractivity contribution is 5.42. The Morgan fingerprint density at radius 1 is 1.21 bits per heavy atom. The highest BCUT2D eigenvalue weighted by Gasteiger charge is 2.35. The number of phenolic OH excluding ortho intramolecular Hbond substituents is 1. The lowest BCUT2D eigenvalue weighted by Gasteiger charge is -2.44. The molecule has 0 saturated heterocycles. The molecule has 0 saturated carbocycles. The molecular formula is C17H27NO. The fraction of sp³-hybridized carbons (Fsp3) is 0.647. The molecule has 2 nitrogen and oxygen atoms in total. The minimum absolute atomic E-state index is 0.257. The van der Waals surface area contributed by atoms with Crippen LogP contribution < -0.4 is 0 Å². The van der Waals surface area contributed by atoms with E-state index in [1.165, 1.54) is 37.1 Å². The lowest BCUT2D eigenvalue weighted by atomic mass is 9.77. The Balaban J connectivity index is 2.22. The van der Waals surface area contributed by atoms with Gasteiger partial charge in [0.25, 0.3) is 0 Å². The molecule has 0 aromatic heterocycles. The van der Waals surface area contributed by atoms with Crippen molar-refractivity contribution in [2.75, 3.05) is 13.1 Å². The zero-order chi connectivity index (χ0) is 13.9. The Hall–Kier alpha value is -1.02. The van der Waals surface area contributed by atoms with Crippen LogP contribution in [0.25, 0.3) is 0 Å². The summed E-state index contributed by atoms with van der Waals surface area (Å²) in [5.41, 5.74) is 2.77. The molecule has 1 atom stereocenters. The van der Waals surface area contributed by atoms with E-state index < -0.39 is 0 Å². The first kappa shape index (κ1) is 14.4.